The van der Waals surface area contributed by atoms with Crippen molar-refractivity contribution < 1.29 is 0 Å². The molecule has 0 heterocycles. The summed E-state index contributed by atoms with van der Waals surface area (Å²) in [6.07, 6.45) is 7.16. The lowest BCUT2D eigenvalue weighted by molar-refractivity contribution is 0.536. The van der Waals surface area contributed by atoms with Crippen LogP contribution in [0.3, 0.4) is 0 Å². The molecule has 15 heavy (non-hydrogen) atoms. The highest BCUT2D eigenvalue weighted by Crippen LogP contribution is 2.29. The second-order valence-electron chi connectivity index (χ2n) is 5.01. The highest BCUT2D eigenvalue weighted by atomic mass is 32.2. The van der Waals surface area contributed by atoms with Crippen LogP contribution in [0.25, 0.3) is 0 Å². The predicted octanol–water partition coefficient (Wildman–Crippen LogP) is 3.69. The Balaban J connectivity index is 1.99. The molecule has 0 spiro atoms. The van der Waals surface area contributed by atoms with Gasteiger partial charge >= 0.3 is 0 Å². The minimum absolute atomic E-state index is 0.680. The molecule has 1 nitrogen and oxygen atoms in total. The van der Waals surface area contributed by atoms with Crippen LogP contribution < -0.4 is 5.32 Å². The van der Waals surface area contributed by atoms with Crippen LogP contribution in [0.5, 0.6) is 0 Å². The number of hydrogen-bond donors (Lipinski definition) is 1. The van der Waals surface area contributed by atoms with Crippen molar-refractivity contribution in [3.63, 3.8) is 0 Å². The van der Waals surface area contributed by atoms with E-state index in [-0.39, 0.29) is 0 Å². The average Bonchev–Trinajstić information content (AvgIpc) is 2.75. The van der Waals surface area contributed by atoms with Crippen LogP contribution in [-0.4, -0.2) is 23.6 Å². The SMILES string of the molecule is CCC(C)NCC(C)SCC1CCCC1. The van der Waals surface area contributed by atoms with Crippen molar-refractivity contribution in [1.82, 2.24) is 5.32 Å². The van der Waals surface area contributed by atoms with Gasteiger partial charge in [0, 0.05) is 17.8 Å². The Morgan fingerprint density at radius 1 is 1.27 bits per heavy atom. The van der Waals surface area contributed by atoms with Gasteiger partial charge < -0.3 is 5.32 Å². The van der Waals surface area contributed by atoms with E-state index in [1.165, 1.54) is 44.4 Å². The fourth-order valence-electron chi connectivity index (χ4n) is 2.05. The second kappa shape index (κ2) is 7.56. The van der Waals surface area contributed by atoms with Gasteiger partial charge in [0.1, 0.15) is 0 Å². The Morgan fingerprint density at radius 2 is 1.93 bits per heavy atom. The highest BCUT2D eigenvalue weighted by molar-refractivity contribution is 7.99. The van der Waals surface area contributed by atoms with Crippen molar-refractivity contribution in [2.75, 3.05) is 12.3 Å². The third-order valence-electron chi connectivity index (χ3n) is 3.46. The van der Waals surface area contributed by atoms with E-state index >= 15 is 0 Å². The average molecular weight is 229 g/mol. The molecule has 1 aliphatic rings. The van der Waals surface area contributed by atoms with Gasteiger partial charge in [-0.05, 0) is 37.9 Å². The van der Waals surface area contributed by atoms with E-state index in [9.17, 15) is 0 Å². The predicted molar refractivity (Wildman–Crippen MR) is 71.6 cm³/mol. The van der Waals surface area contributed by atoms with Gasteiger partial charge in [-0.3, -0.25) is 0 Å². The maximum atomic E-state index is 3.59. The van der Waals surface area contributed by atoms with Gasteiger partial charge in [-0.1, -0.05) is 26.7 Å². The molecule has 0 radical (unpaired) electrons. The van der Waals surface area contributed by atoms with E-state index in [2.05, 4.69) is 37.8 Å². The largest absolute Gasteiger partial charge is 0.313 e. The number of thioether (sulfide) groups is 1. The van der Waals surface area contributed by atoms with Crippen LogP contribution in [0.2, 0.25) is 0 Å². The van der Waals surface area contributed by atoms with E-state index in [4.69, 9.17) is 0 Å². The van der Waals surface area contributed by atoms with Gasteiger partial charge in [-0.2, -0.15) is 11.8 Å². The molecule has 2 heteroatoms. The molecule has 0 saturated heterocycles. The molecule has 0 aromatic rings. The topological polar surface area (TPSA) is 12.0 Å². The lowest BCUT2D eigenvalue weighted by atomic mass is 10.1. The van der Waals surface area contributed by atoms with E-state index in [1.807, 2.05) is 0 Å². The minimum atomic E-state index is 0.680. The molecule has 90 valence electrons. The maximum Gasteiger partial charge on any atom is 0.0144 e. The van der Waals surface area contributed by atoms with Gasteiger partial charge in [0.25, 0.3) is 0 Å². The van der Waals surface area contributed by atoms with Crippen molar-refractivity contribution in [1.29, 1.82) is 0 Å². The van der Waals surface area contributed by atoms with Gasteiger partial charge in [-0.25, -0.2) is 0 Å². The van der Waals surface area contributed by atoms with E-state index < -0.39 is 0 Å². The molecule has 1 aliphatic carbocycles. The molecule has 2 atom stereocenters. The summed E-state index contributed by atoms with van der Waals surface area (Å²) in [5, 5.41) is 4.36. The first-order valence-corrected chi connectivity index (χ1v) is 7.62. The summed E-state index contributed by atoms with van der Waals surface area (Å²) in [6, 6.07) is 0.680. The number of nitrogens with one attached hydrogen (secondary N) is 1. The van der Waals surface area contributed by atoms with E-state index in [0.717, 1.165) is 11.2 Å². The van der Waals surface area contributed by atoms with Crippen molar-refractivity contribution in [3.8, 4) is 0 Å². The zero-order valence-electron chi connectivity index (χ0n) is 10.6. The van der Waals surface area contributed by atoms with Crippen molar-refractivity contribution in [3.05, 3.63) is 0 Å². The first kappa shape index (κ1) is 13.4. The van der Waals surface area contributed by atoms with Gasteiger partial charge in [0.2, 0.25) is 0 Å². The van der Waals surface area contributed by atoms with Crippen LogP contribution in [0.15, 0.2) is 0 Å². The lowest BCUT2D eigenvalue weighted by Gasteiger charge is -2.17. The molecule has 1 rings (SSSR count). The van der Waals surface area contributed by atoms with Crippen molar-refractivity contribution in [2.45, 2.75) is 64.2 Å². The van der Waals surface area contributed by atoms with Crippen LogP contribution >= 0.6 is 11.8 Å². The van der Waals surface area contributed by atoms with Crippen LogP contribution in [-0.2, 0) is 0 Å². The molecule has 0 amide bonds. The second-order valence-corrected chi connectivity index (χ2v) is 6.48. The molecule has 1 fully saturated rings. The monoisotopic (exact) mass is 229 g/mol. The molecule has 2 unspecified atom stereocenters. The Kier molecular flexibility index (Phi) is 6.74. The fourth-order valence-corrected chi connectivity index (χ4v) is 3.20. The molecule has 1 saturated carbocycles. The summed E-state index contributed by atoms with van der Waals surface area (Å²) in [5.74, 6) is 2.42. The third kappa shape index (κ3) is 5.82. The zero-order chi connectivity index (χ0) is 11.1. The molecule has 0 aliphatic heterocycles. The maximum absolute atomic E-state index is 3.59. The standard InChI is InChI=1S/C13H27NS/c1-4-11(2)14-9-12(3)15-10-13-7-5-6-8-13/h11-14H,4-10H2,1-3H3. The Morgan fingerprint density at radius 3 is 2.53 bits per heavy atom. The highest BCUT2D eigenvalue weighted by Gasteiger charge is 2.16. The number of hydrogen-bond acceptors (Lipinski definition) is 2. The minimum Gasteiger partial charge on any atom is -0.313 e. The summed E-state index contributed by atoms with van der Waals surface area (Å²) in [5.41, 5.74) is 0. The van der Waals surface area contributed by atoms with E-state index in [0.29, 0.717) is 6.04 Å². The summed E-state index contributed by atoms with van der Waals surface area (Å²) >= 11 is 2.16. The molecular weight excluding hydrogens is 202 g/mol. The van der Waals surface area contributed by atoms with Gasteiger partial charge in [0.05, 0.1) is 0 Å². The normalized spacial score (nSPS) is 21.8. The molecule has 1 N–H and O–H groups in total. The van der Waals surface area contributed by atoms with Crippen molar-refractivity contribution in [2.24, 2.45) is 5.92 Å². The molecule has 0 aromatic carbocycles. The van der Waals surface area contributed by atoms with Crippen LogP contribution in [0.4, 0.5) is 0 Å². The molecule has 0 aromatic heterocycles. The van der Waals surface area contributed by atoms with Gasteiger partial charge in [-0.15, -0.1) is 0 Å². The lowest BCUT2D eigenvalue weighted by Crippen LogP contribution is -2.31. The summed E-state index contributed by atoms with van der Waals surface area (Å²) < 4.78 is 0. The smallest absolute Gasteiger partial charge is 0.0144 e. The fraction of sp³-hybridized carbons (Fsp3) is 1.00. The molecule has 0 bridgehead atoms. The first-order valence-electron chi connectivity index (χ1n) is 6.57. The van der Waals surface area contributed by atoms with Gasteiger partial charge in [0.15, 0.2) is 0 Å². The summed E-state index contributed by atoms with van der Waals surface area (Å²) in [6.45, 7) is 8.05. The van der Waals surface area contributed by atoms with Crippen molar-refractivity contribution >= 4 is 11.8 Å². The molecular formula is C13H27NS. The van der Waals surface area contributed by atoms with E-state index in [1.54, 1.807) is 0 Å². The first-order chi connectivity index (χ1) is 7.22. The zero-order valence-corrected chi connectivity index (χ0v) is 11.4. The quantitative estimate of drug-likeness (QED) is 0.714. The summed E-state index contributed by atoms with van der Waals surface area (Å²) in [7, 11) is 0. The number of rotatable bonds is 7. The Hall–Kier alpha value is 0.310. The Bertz CT molecular complexity index is 155. The van der Waals surface area contributed by atoms with Crippen LogP contribution in [0.1, 0.15) is 52.9 Å². The third-order valence-corrected chi connectivity index (χ3v) is 4.86. The van der Waals surface area contributed by atoms with Crippen LogP contribution in [0, 0.1) is 5.92 Å². The summed E-state index contributed by atoms with van der Waals surface area (Å²) in [4.78, 5) is 0. The Labute approximate surface area is 99.8 Å².